The van der Waals surface area contributed by atoms with E-state index in [0.29, 0.717) is 23.8 Å². The van der Waals surface area contributed by atoms with Crippen LogP contribution in [0, 0.1) is 0 Å². The van der Waals surface area contributed by atoms with Crippen molar-refractivity contribution in [2.45, 2.75) is 6.54 Å². The van der Waals surface area contributed by atoms with Crippen molar-refractivity contribution < 1.29 is 0 Å². The van der Waals surface area contributed by atoms with E-state index >= 15 is 0 Å². The second kappa shape index (κ2) is 6.25. The van der Waals surface area contributed by atoms with Gasteiger partial charge in [0, 0.05) is 17.8 Å². The van der Waals surface area contributed by atoms with E-state index in [-0.39, 0.29) is 0 Å². The highest BCUT2D eigenvalue weighted by Gasteiger charge is 2.11. The number of nitrogens with zero attached hydrogens (tertiary/aromatic N) is 5. The Morgan fingerprint density at radius 2 is 1.88 bits per heavy atom. The van der Waals surface area contributed by atoms with Crippen LogP contribution in [-0.2, 0) is 6.54 Å². The Morgan fingerprint density at radius 3 is 2.71 bits per heavy atom. The molecule has 1 N–H and O–H groups in total. The van der Waals surface area contributed by atoms with Crippen molar-refractivity contribution in [2.24, 2.45) is 0 Å². The molecule has 0 aliphatic carbocycles. The fraction of sp³-hybridized carbons (Fsp3) is 0.0588. The van der Waals surface area contributed by atoms with Gasteiger partial charge in [-0.2, -0.15) is 9.78 Å². The molecule has 4 rings (SSSR count). The highest BCUT2D eigenvalue weighted by molar-refractivity contribution is 6.31. The number of benzene rings is 1. The van der Waals surface area contributed by atoms with Crippen LogP contribution in [0.1, 0.15) is 5.56 Å². The van der Waals surface area contributed by atoms with Crippen molar-refractivity contribution in [1.29, 1.82) is 0 Å². The van der Waals surface area contributed by atoms with Gasteiger partial charge in [-0.3, -0.25) is 0 Å². The quantitative estimate of drug-likeness (QED) is 0.618. The van der Waals surface area contributed by atoms with Gasteiger partial charge in [0.05, 0.1) is 11.6 Å². The molecule has 0 saturated heterocycles. The third kappa shape index (κ3) is 2.68. The second-order valence-corrected chi connectivity index (χ2v) is 5.56. The van der Waals surface area contributed by atoms with E-state index in [0.717, 1.165) is 16.0 Å². The van der Waals surface area contributed by atoms with Gasteiger partial charge in [0.1, 0.15) is 12.1 Å². The first kappa shape index (κ1) is 14.6. The van der Waals surface area contributed by atoms with Gasteiger partial charge in [0.25, 0.3) is 0 Å². The fourth-order valence-corrected chi connectivity index (χ4v) is 2.65. The van der Waals surface area contributed by atoms with Gasteiger partial charge in [-0.25, -0.2) is 15.0 Å². The summed E-state index contributed by atoms with van der Waals surface area (Å²) in [5.74, 6) is 1.42. The van der Waals surface area contributed by atoms with E-state index in [4.69, 9.17) is 11.6 Å². The Bertz CT molecular complexity index is 983. The number of halogens is 1. The van der Waals surface area contributed by atoms with Gasteiger partial charge >= 0.3 is 0 Å². The van der Waals surface area contributed by atoms with Crippen LogP contribution in [0.2, 0.25) is 5.02 Å². The van der Waals surface area contributed by atoms with Crippen LogP contribution in [-0.4, -0.2) is 24.7 Å². The van der Waals surface area contributed by atoms with E-state index in [9.17, 15) is 0 Å². The summed E-state index contributed by atoms with van der Waals surface area (Å²) in [6.07, 6.45) is 4.97. The van der Waals surface area contributed by atoms with Crippen molar-refractivity contribution in [3.8, 4) is 5.82 Å². The van der Waals surface area contributed by atoms with Crippen LogP contribution in [0.15, 0.2) is 61.2 Å². The molecule has 0 spiro atoms. The zero-order valence-electron chi connectivity index (χ0n) is 12.6. The maximum atomic E-state index is 6.20. The molecule has 0 radical (unpaired) electrons. The molecule has 0 unspecified atom stereocenters. The van der Waals surface area contributed by atoms with Crippen LogP contribution in [0.5, 0.6) is 0 Å². The number of nitrogens with one attached hydrogen (secondary N) is 1. The predicted molar refractivity (Wildman–Crippen MR) is 93.2 cm³/mol. The summed E-state index contributed by atoms with van der Waals surface area (Å²) in [6.45, 7) is 0.570. The molecule has 3 heterocycles. The summed E-state index contributed by atoms with van der Waals surface area (Å²) < 4.78 is 1.69. The second-order valence-electron chi connectivity index (χ2n) is 5.15. The van der Waals surface area contributed by atoms with Crippen molar-refractivity contribution in [3.05, 3.63) is 71.8 Å². The summed E-state index contributed by atoms with van der Waals surface area (Å²) in [6, 6.07) is 13.4. The van der Waals surface area contributed by atoms with Gasteiger partial charge in [-0.05, 0) is 23.8 Å². The van der Waals surface area contributed by atoms with Gasteiger partial charge in [0.15, 0.2) is 11.5 Å². The minimum atomic E-state index is 0.570. The van der Waals surface area contributed by atoms with Crippen LogP contribution in [0.4, 0.5) is 5.82 Å². The number of aromatic nitrogens is 5. The molecular weight excluding hydrogens is 324 g/mol. The molecule has 118 valence electrons. The van der Waals surface area contributed by atoms with Gasteiger partial charge in [0.2, 0.25) is 0 Å². The normalized spacial score (nSPS) is 10.9. The lowest BCUT2D eigenvalue weighted by atomic mass is 10.2. The third-order valence-electron chi connectivity index (χ3n) is 3.64. The number of rotatable bonds is 4. The smallest absolute Gasteiger partial charge is 0.170 e. The lowest BCUT2D eigenvalue weighted by Crippen LogP contribution is -2.04. The molecule has 0 saturated carbocycles. The van der Waals surface area contributed by atoms with Crippen molar-refractivity contribution >= 4 is 28.5 Å². The van der Waals surface area contributed by atoms with E-state index in [1.807, 2.05) is 42.5 Å². The van der Waals surface area contributed by atoms with Gasteiger partial charge in [-0.1, -0.05) is 35.9 Å². The highest BCUT2D eigenvalue weighted by Crippen LogP contribution is 2.22. The molecular formula is C17H13ClN6. The molecule has 0 aliphatic rings. The van der Waals surface area contributed by atoms with Crippen LogP contribution < -0.4 is 5.32 Å². The topological polar surface area (TPSA) is 68.5 Å². The first-order valence-electron chi connectivity index (χ1n) is 7.40. The summed E-state index contributed by atoms with van der Waals surface area (Å²) in [7, 11) is 0. The lowest BCUT2D eigenvalue weighted by molar-refractivity contribution is 0.861. The Balaban J connectivity index is 1.68. The van der Waals surface area contributed by atoms with E-state index in [1.165, 1.54) is 6.33 Å². The molecule has 3 aromatic heterocycles. The van der Waals surface area contributed by atoms with E-state index < -0.39 is 0 Å². The molecule has 0 atom stereocenters. The van der Waals surface area contributed by atoms with Crippen LogP contribution in [0.3, 0.4) is 0 Å². The minimum Gasteiger partial charge on any atom is -0.365 e. The van der Waals surface area contributed by atoms with Crippen molar-refractivity contribution in [2.75, 3.05) is 5.32 Å². The molecule has 0 bridgehead atoms. The molecule has 7 heteroatoms. The largest absolute Gasteiger partial charge is 0.365 e. The summed E-state index contributed by atoms with van der Waals surface area (Å²) >= 11 is 6.20. The molecule has 4 aromatic rings. The Labute approximate surface area is 143 Å². The number of fused-ring (bicyclic) bond motifs is 1. The van der Waals surface area contributed by atoms with E-state index in [2.05, 4.69) is 25.4 Å². The summed E-state index contributed by atoms with van der Waals surface area (Å²) in [5, 5.41) is 9.24. The monoisotopic (exact) mass is 336 g/mol. The number of hydrogen-bond acceptors (Lipinski definition) is 5. The minimum absolute atomic E-state index is 0.570. The third-order valence-corrected chi connectivity index (χ3v) is 4.00. The van der Waals surface area contributed by atoms with Crippen molar-refractivity contribution in [3.63, 3.8) is 0 Å². The highest BCUT2D eigenvalue weighted by atomic mass is 35.5. The zero-order valence-corrected chi connectivity index (χ0v) is 13.4. The molecule has 1 aromatic carbocycles. The Hall–Kier alpha value is -2.99. The number of pyridine rings is 1. The van der Waals surface area contributed by atoms with Crippen LogP contribution >= 0.6 is 11.6 Å². The van der Waals surface area contributed by atoms with Crippen LogP contribution in [0.25, 0.3) is 16.9 Å². The maximum Gasteiger partial charge on any atom is 0.170 e. The summed E-state index contributed by atoms with van der Waals surface area (Å²) in [5.41, 5.74) is 1.70. The summed E-state index contributed by atoms with van der Waals surface area (Å²) in [4.78, 5) is 13.0. The average Bonchev–Trinajstić information content (AvgIpc) is 3.06. The number of anilines is 1. The first-order chi connectivity index (χ1) is 11.8. The van der Waals surface area contributed by atoms with Gasteiger partial charge in [-0.15, -0.1) is 0 Å². The molecule has 6 nitrogen and oxygen atoms in total. The predicted octanol–water partition coefficient (Wildman–Crippen LogP) is 3.48. The molecule has 24 heavy (non-hydrogen) atoms. The standard InChI is InChI=1S/C17H13ClN6/c18-14-6-2-1-5-12(14)9-20-16-13-10-23-24(17(13)22-11-21-16)15-7-3-4-8-19-15/h1-8,10-11H,9H2,(H,20,21,22). The molecule has 0 amide bonds. The average molecular weight is 337 g/mol. The fourth-order valence-electron chi connectivity index (χ4n) is 2.45. The molecule has 0 aliphatic heterocycles. The maximum absolute atomic E-state index is 6.20. The number of hydrogen-bond donors (Lipinski definition) is 1. The SMILES string of the molecule is Clc1ccccc1CNc1ncnc2c1cnn2-c1ccccn1. The van der Waals surface area contributed by atoms with Gasteiger partial charge < -0.3 is 5.32 Å². The van der Waals surface area contributed by atoms with Crippen molar-refractivity contribution in [1.82, 2.24) is 24.7 Å². The Kier molecular flexibility index (Phi) is 3.80. The first-order valence-corrected chi connectivity index (χ1v) is 7.78. The Morgan fingerprint density at radius 1 is 1.00 bits per heavy atom. The van der Waals surface area contributed by atoms with E-state index in [1.54, 1.807) is 17.1 Å². The zero-order chi connectivity index (χ0) is 16.4. The molecule has 0 fully saturated rings. The lowest BCUT2D eigenvalue weighted by Gasteiger charge is -2.08.